The van der Waals surface area contributed by atoms with Crippen LogP contribution < -0.4 is 5.32 Å². The molecule has 0 fully saturated rings. The molecule has 0 aliphatic rings. The third-order valence-electron chi connectivity index (χ3n) is 4.17. The maximum Gasteiger partial charge on any atom is -0.00142 e. The minimum absolute atomic E-state index is 1.14. The number of hydrogen-bond donors (Lipinski definition) is 1. The fourth-order valence-electron chi connectivity index (χ4n) is 2.72. The lowest BCUT2D eigenvalue weighted by Gasteiger charge is -2.04. The molecular weight excluding hydrogens is 254 g/mol. The molecule has 0 radical (unpaired) electrons. The highest BCUT2D eigenvalue weighted by Gasteiger charge is 1.94. The molecule has 0 saturated carbocycles. The Balaban J connectivity index is 3.20. The van der Waals surface area contributed by atoms with Crippen molar-refractivity contribution in [2.24, 2.45) is 0 Å². The summed E-state index contributed by atoms with van der Waals surface area (Å²) < 4.78 is 0. The second-order valence-electron chi connectivity index (χ2n) is 6.52. The zero-order valence-corrected chi connectivity index (χ0v) is 15.2. The van der Waals surface area contributed by atoms with Crippen molar-refractivity contribution in [3.63, 3.8) is 0 Å². The molecule has 0 aliphatic heterocycles. The number of rotatable bonds is 16. The van der Waals surface area contributed by atoms with Gasteiger partial charge in [0.25, 0.3) is 0 Å². The van der Waals surface area contributed by atoms with Crippen molar-refractivity contribution in [2.45, 2.75) is 104 Å². The van der Waals surface area contributed by atoms with E-state index < -0.39 is 0 Å². The predicted octanol–water partition coefficient (Wildman–Crippen LogP) is 6.63. The standard InChI is InChI=1S/C20H41N/c1-4-6-7-8-9-10-11-12-13-14-16-20(3)17-15-19-21-18-5-2/h17,21H,4-16,18-19H2,1-3H3. The second-order valence-corrected chi connectivity index (χ2v) is 6.52. The summed E-state index contributed by atoms with van der Waals surface area (Å²) in [6.45, 7) is 9.11. The first-order chi connectivity index (χ1) is 10.3. The Hall–Kier alpha value is -0.300. The Bertz CT molecular complexity index is 220. The molecule has 0 spiro atoms. The van der Waals surface area contributed by atoms with Crippen molar-refractivity contribution in [1.82, 2.24) is 5.32 Å². The van der Waals surface area contributed by atoms with E-state index in [0.717, 1.165) is 13.1 Å². The van der Waals surface area contributed by atoms with Gasteiger partial charge in [0.15, 0.2) is 0 Å². The third kappa shape index (κ3) is 17.6. The van der Waals surface area contributed by atoms with Crippen molar-refractivity contribution >= 4 is 0 Å². The lowest BCUT2D eigenvalue weighted by atomic mass is 10.0. The summed E-state index contributed by atoms with van der Waals surface area (Å²) >= 11 is 0. The van der Waals surface area contributed by atoms with Crippen molar-refractivity contribution in [3.8, 4) is 0 Å². The van der Waals surface area contributed by atoms with E-state index in [2.05, 4.69) is 32.2 Å². The van der Waals surface area contributed by atoms with Gasteiger partial charge in [-0.25, -0.2) is 0 Å². The lowest BCUT2D eigenvalue weighted by molar-refractivity contribution is 0.556. The summed E-state index contributed by atoms with van der Waals surface area (Å²) in [5.41, 5.74) is 1.59. The molecule has 0 aromatic rings. The van der Waals surface area contributed by atoms with Crippen molar-refractivity contribution in [1.29, 1.82) is 0 Å². The lowest BCUT2D eigenvalue weighted by Crippen LogP contribution is -2.15. The largest absolute Gasteiger partial charge is 0.316 e. The third-order valence-corrected chi connectivity index (χ3v) is 4.17. The molecule has 0 aliphatic carbocycles. The first-order valence-electron chi connectivity index (χ1n) is 9.67. The van der Waals surface area contributed by atoms with Gasteiger partial charge in [0, 0.05) is 0 Å². The Morgan fingerprint density at radius 3 is 1.86 bits per heavy atom. The summed E-state index contributed by atoms with van der Waals surface area (Å²) in [5, 5.41) is 3.45. The van der Waals surface area contributed by atoms with Crippen LogP contribution in [0.25, 0.3) is 0 Å². The quantitative estimate of drug-likeness (QED) is 0.249. The topological polar surface area (TPSA) is 12.0 Å². The molecule has 0 unspecified atom stereocenters. The molecule has 0 amide bonds. The van der Waals surface area contributed by atoms with Gasteiger partial charge in [0.1, 0.15) is 0 Å². The Morgan fingerprint density at radius 1 is 0.714 bits per heavy atom. The molecule has 1 nitrogen and oxygen atoms in total. The molecule has 0 atom stereocenters. The van der Waals surface area contributed by atoms with Crippen LogP contribution in [0.5, 0.6) is 0 Å². The summed E-state index contributed by atoms with van der Waals surface area (Å²) in [6, 6.07) is 0. The monoisotopic (exact) mass is 295 g/mol. The highest BCUT2D eigenvalue weighted by Crippen LogP contribution is 2.13. The van der Waals surface area contributed by atoms with Crippen LogP contribution in [0.1, 0.15) is 104 Å². The van der Waals surface area contributed by atoms with Gasteiger partial charge in [-0.3, -0.25) is 0 Å². The number of unbranched alkanes of at least 4 members (excludes halogenated alkanes) is 9. The highest BCUT2D eigenvalue weighted by atomic mass is 14.8. The smallest absolute Gasteiger partial charge is 0.00142 e. The average molecular weight is 296 g/mol. The minimum atomic E-state index is 1.14. The molecule has 1 N–H and O–H groups in total. The van der Waals surface area contributed by atoms with Crippen LogP contribution in [0.3, 0.4) is 0 Å². The molecule has 0 rings (SSSR count). The molecule has 0 aromatic carbocycles. The van der Waals surface area contributed by atoms with Crippen molar-refractivity contribution in [3.05, 3.63) is 11.6 Å². The van der Waals surface area contributed by atoms with E-state index in [1.807, 2.05) is 0 Å². The molecule has 126 valence electrons. The molecule has 0 bridgehead atoms. The summed E-state index contributed by atoms with van der Waals surface area (Å²) in [7, 11) is 0. The van der Waals surface area contributed by atoms with E-state index in [0.29, 0.717) is 0 Å². The second kappa shape index (κ2) is 17.8. The molecule has 21 heavy (non-hydrogen) atoms. The zero-order chi connectivity index (χ0) is 15.6. The SMILES string of the molecule is CCCCCCCCCCCCC(C)=CCCNCCC. The van der Waals surface area contributed by atoms with Gasteiger partial charge in [-0.2, -0.15) is 0 Å². The van der Waals surface area contributed by atoms with Crippen molar-refractivity contribution in [2.75, 3.05) is 13.1 Å². The maximum absolute atomic E-state index is 3.45. The first-order valence-corrected chi connectivity index (χ1v) is 9.67. The van der Waals surface area contributed by atoms with E-state index in [-0.39, 0.29) is 0 Å². The normalized spacial score (nSPS) is 12.0. The van der Waals surface area contributed by atoms with Crippen LogP contribution in [-0.4, -0.2) is 13.1 Å². The van der Waals surface area contributed by atoms with E-state index >= 15 is 0 Å². The molecular formula is C20H41N. The van der Waals surface area contributed by atoms with Gasteiger partial charge in [0.05, 0.1) is 0 Å². The number of allylic oxidation sites excluding steroid dienone is 1. The van der Waals surface area contributed by atoms with Crippen LogP contribution >= 0.6 is 0 Å². The van der Waals surface area contributed by atoms with Crippen LogP contribution in [0.4, 0.5) is 0 Å². The van der Waals surface area contributed by atoms with Gasteiger partial charge < -0.3 is 5.32 Å². The fraction of sp³-hybridized carbons (Fsp3) is 0.900. The average Bonchev–Trinajstić information content (AvgIpc) is 2.49. The highest BCUT2D eigenvalue weighted by molar-refractivity contribution is 4.97. The molecule has 0 heterocycles. The van der Waals surface area contributed by atoms with Gasteiger partial charge in [-0.05, 0) is 45.7 Å². The van der Waals surface area contributed by atoms with E-state index in [1.54, 1.807) is 5.57 Å². The molecule has 0 saturated heterocycles. The van der Waals surface area contributed by atoms with E-state index in [1.165, 1.54) is 83.5 Å². The number of hydrogen-bond acceptors (Lipinski definition) is 1. The van der Waals surface area contributed by atoms with Crippen LogP contribution in [0, 0.1) is 0 Å². The van der Waals surface area contributed by atoms with Gasteiger partial charge in [-0.1, -0.05) is 83.3 Å². The molecule has 0 aromatic heterocycles. The maximum atomic E-state index is 3.45. The van der Waals surface area contributed by atoms with Gasteiger partial charge >= 0.3 is 0 Å². The summed E-state index contributed by atoms with van der Waals surface area (Å²) in [6.07, 6.45) is 20.5. The summed E-state index contributed by atoms with van der Waals surface area (Å²) in [4.78, 5) is 0. The van der Waals surface area contributed by atoms with Gasteiger partial charge in [0.2, 0.25) is 0 Å². The van der Waals surface area contributed by atoms with Crippen LogP contribution in [0.15, 0.2) is 11.6 Å². The Labute approximate surface area is 135 Å². The zero-order valence-electron chi connectivity index (χ0n) is 15.2. The predicted molar refractivity (Wildman–Crippen MR) is 98.0 cm³/mol. The Kier molecular flexibility index (Phi) is 17.5. The summed E-state index contributed by atoms with van der Waals surface area (Å²) in [5.74, 6) is 0. The minimum Gasteiger partial charge on any atom is -0.316 e. The van der Waals surface area contributed by atoms with E-state index in [4.69, 9.17) is 0 Å². The first kappa shape index (κ1) is 20.7. The van der Waals surface area contributed by atoms with E-state index in [9.17, 15) is 0 Å². The fourth-order valence-corrected chi connectivity index (χ4v) is 2.72. The Morgan fingerprint density at radius 2 is 1.29 bits per heavy atom. The van der Waals surface area contributed by atoms with Gasteiger partial charge in [-0.15, -0.1) is 0 Å². The van der Waals surface area contributed by atoms with Crippen LogP contribution in [0.2, 0.25) is 0 Å². The molecule has 1 heteroatoms. The number of nitrogens with one attached hydrogen (secondary N) is 1. The van der Waals surface area contributed by atoms with Crippen LogP contribution in [-0.2, 0) is 0 Å². The van der Waals surface area contributed by atoms with Crippen molar-refractivity contribution < 1.29 is 0 Å².